The molecule has 2 aromatic heterocycles. The largest absolute Gasteiger partial charge is 0.383 e. The number of aryl methyl sites for hydroxylation is 2. The van der Waals surface area contributed by atoms with Crippen molar-refractivity contribution in [2.24, 2.45) is 0 Å². The maximum Gasteiger partial charge on any atom is 0.169 e. The number of rotatable bonds is 6. The third kappa shape index (κ3) is 3.59. The van der Waals surface area contributed by atoms with Crippen molar-refractivity contribution in [3.63, 3.8) is 0 Å². The predicted molar refractivity (Wildman–Crippen MR) is 78.4 cm³/mol. The number of ether oxygens (including phenoxy) is 1. The van der Waals surface area contributed by atoms with E-state index in [0.29, 0.717) is 6.61 Å². The standard InChI is InChI=1S/C14H19N3OS/c1-10-12(9-15-6-7-18-3)11(2)17-14(16-10)13-5-4-8-19-13/h4-5,8,15H,6-7,9H2,1-3H3. The lowest BCUT2D eigenvalue weighted by Crippen LogP contribution is -2.20. The molecule has 0 saturated heterocycles. The Labute approximate surface area is 117 Å². The summed E-state index contributed by atoms with van der Waals surface area (Å²) in [6, 6.07) is 4.07. The van der Waals surface area contributed by atoms with Crippen LogP contribution in [0.2, 0.25) is 0 Å². The van der Waals surface area contributed by atoms with Gasteiger partial charge >= 0.3 is 0 Å². The van der Waals surface area contributed by atoms with Crippen molar-refractivity contribution >= 4 is 11.3 Å². The molecule has 0 aliphatic carbocycles. The van der Waals surface area contributed by atoms with E-state index < -0.39 is 0 Å². The van der Waals surface area contributed by atoms with E-state index in [1.165, 1.54) is 5.56 Å². The van der Waals surface area contributed by atoms with E-state index in [1.54, 1.807) is 18.4 Å². The highest BCUT2D eigenvalue weighted by atomic mass is 32.1. The monoisotopic (exact) mass is 277 g/mol. The summed E-state index contributed by atoms with van der Waals surface area (Å²) in [6.07, 6.45) is 0. The average molecular weight is 277 g/mol. The van der Waals surface area contributed by atoms with Gasteiger partial charge in [0.1, 0.15) is 0 Å². The minimum Gasteiger partial charge on any atom is -0.383 e. The molecule has 0 aliphatic rings. The summed E-state index contributed by atoms with van der Waals surface area (Å²) in [6.45, 7) is 6.41. The molecule has 0 bridgehead atoms. The molecule has 0 aliphatic heterocycles. The van der Waals surface area contributed by atoms with Gasteiger partial charge in [-0.2, -0.15) is 0 Å². The molecule has 0 spiro atoms. The van der Waals surface area contributed by atoms with Crippen LogP contribution in [0.1, 0.15) is 17.0 Å². The molecular formula is C14H19N3OS. The third-order valence-corrected chi connectivity index (χ3v) is 3.81. The smallest absolute Gasteiger partial charge is 0.169 e. The van der Waals surface area contributed by atoms with Gasteiger partial charge in [0.25, 0.3) is 0 Å². The van der Waals surface area contributed by atoms with Crippen molar-refractivity contribution < 1.29 is 4.74 Å². The van der Waals surface area contributed by atoms with Gasteiger partial charge in [-0.3, -0.25) is 0 Å². The van der Waals surface area contributed by atoms with E-state index in [2.05, 4.69) is 21.4 Å². The highest BCUT2D eigenvalue weighted by Crippen LogP contribution is 2.23. The predicted octanol–water partition coefficient (Wildman–Crippen LogP) is 2.56. The Bertz CT molecular complexity index is 502. The van der Waals surface area contributed by atoms with Crippen LogP contribution in [0.4, 0.5) is 0 Å². The van der Waals surface area contributed by atoms with E-state index >= 15 is 0 Å². The third-order valence-electron chi connectivity index (χ3n) is 2.95. The fraction of sp³-hybridized carbons (Fsp3) is 0.429. The first-order chi connectivity index (χ1) is 9.22. The number of hydrogen-bond acceptors (Lipinski definition) is 5. The van der Waals surface area contributed by atoms with Crippen LogP contribution in [0.5, 0.6) is 0 Å². The van der Waals surface area contributed by atoms with E-state index in [4.69, 9.17) is 4.74 Å². The summed E-state index contributed by atoms with van der Waals surface area (Å²) in [4.78, 5) is 10.3. The van der Waals surface area contributed by atoms with E-state index in [-0.39, 0.29) is 0 Å². The van der Waals surface area contributed by atoms with Gasteiger partial charge < -0.3 is 10.1 Å². The van der Waals surface area contributed by atoms with E-state index in [1.807, 2.05) is 25.3 Å². The van der Waals surface area contributed by atoms with Gasteiger partial charge in [-0.1, -0.05) is 6.07 Å². The molecule has 0 saturated carbocycles. The van der Waals surface area contributed by atoms with Crippen molar-refractivity contribution in [1.82, 2.24) is 15.3 Å². The molecule has 0 fully saturated rings. The molecule has 0 aromatic carbocycles. The first kappa shape index (κ1) is 14.1. The number of aromatic nitrogens is 2. The Balaban J connectivity index is 2.13. The summed E-state index contributed by atoms with van der Waals surface area (Å²) >= 11 is 1.67. The van der Waals surface area contributed by atoms with Crippen LogP contribution in [-0.2, 0) is 11.3 Å². The fourth-order valence-corrected chi connectivity index (χ4v) is 2.56. The summed E-state index contributed by atoms with van der Waals surface area (Å²) < 4.78 is 5.02. The second-order valence-corrected chi connectivity index (χ2v) is 5.29. The molecule has 0 amide bonds. The molecule has 1 N–H and O–H groups in total. The summed E-state index contributed by atoms with van der Waals surface area (Å²) in [5.41, 5.74) is 3.26. The topological polar surface area (TPSA) is 47.0 Å². The maximum atomic E-state index is 5.02. The maximum absolute atomic E-state index is 5.02. The van der Waals surface area contributed by atoms with Crippen LogP contribution >= 0.6 is 11.3 Å². The molecule has 5 heteroatoms. The second-order valence-electron chi connectivity index (χ2n) is 4.34. The van der Waals surface area contributed by atoms with Gasteiger partial charge in [0.15, 0.2) is 5.82 Å². The van der Waals surface area contributed by atoms with E-state index in [9.17, 15) is 0 Å². The summed E-state index contributed by atoms with van der Waals surface area (Å²) in [5.74, 6) is 0.825. The molecule has 102 valence electrons. The normalized spacial score (nSPS) is 10.9. The molecule has 2 heterocycles. The lowest BCUT2D eigenvalue weighted by Gasteiger charge is -2.11. The van der Waals surface area contributed by atoms with Crippen LogP contribution in [-0.4, -0.2) is 30.2 Å². The quantitative estimate of drug-likeness (QED) is 0.824. The number of nitrogens with one attached hydrogen (secondary N) is 1. The van der Waals surface area contributed by atoms with Crippen LogP contribution in [0.25, 0.3) is 10.7 Å². The minimum atomic E-state index is 0.715. The van der Waals surface area contributed by atoms with Crippen LogP contribution in [0, 0.1) is 13.8 Å². The molecule has 0 unspecified atom stereocenters. The lowest BCUT2D eigenvalue weighted by molar-refractivity contribution is 0.199. The lowest BCUT2D eigenvalue weighted by atomic mass is 10.1. The van der Waals surface area contributed by atoms with Gasteiger partial charge in [-0.05, 0) is 25.3 Å². The summed E-state index contributed by atoms with van der Waals surface area (Å²) in [5, 5.41) is 5.38. The van der Waals surface area contributed by atoms with Crippen LogP contribution in [0.15, 0.2) is 17.5 Å². The number of thiophene rings is 1. The minimum absolute atomic E-state index is 0.715. The van der Waals surface area contributed by atoms with Gasteiger partial charge in [-0.25, -0.2) is 9.97 Å². The molecular weight excluding hydrogens is 258 g/mol. The van der Waals surface area contributed by atoms with Crippen LogP contribution in [0.3, 0.4) is 0 Å². The zero-order valence-electron chi connectivity index (χ0n) is 11.6. The highest BCUT2D eigenvalue weighted by Gasteiger charge is 2.10. The van der Waals surface area contributed by atoms with Crippen molar-refractivity contribution in [2.75, 3.05) is 20.3 Å². The zero-order valence-corrected chi connectivity index (χ0v) is 12.4. The average Bonchev–Trinajstić information content (AvgIpc) is 2.90. The number of hydrogen-bond donors (Lipinski definition) is 1. The van der Waals surface area contributed by atoms with Crippen LogP contribution < -0.4 is 5.32 Å². The van der Waals surface area contributed by atoms with Gasteiger partial charge in [-0.15, -0.1) is 11.3 Å². The second kappa shape index (κ2) is 6.75. The van der Waals surface area contributed by atoms with Crippen molar-refractivity contribution in [3.05, 3.63) is 34.5 Å². The van der Waals surface area contributed by atoms with Gasteiger partial charge in [0.2, 0.25) is 0 Å². The zero-order chi connectivity index (χ0) is 13.7. The Hall–Kier alpha value is -1.30. The molecule has 0 radical (unpaired) electrons. The molecule has 2 aromatic rings. The van der Waals surface area contributed by atoms with E-state index in [0.717, 1.165) is 35.2 Å². The number of methoxy groups -OCH3 is 1. The number of nitrogens with zero attached hydrogens (tertiary/aromatic N) is 2. The van der Waals surface area contributed by atoms with Gasteiger partial charge in [0, 0.05) is 37.2 Å². The van der Waals surface area contributed by atoms with Gasteiger partial charge in [0.05, 0.1) is 11.5 Å². The Morgan fingerprint density at radius 2 is 2.00 bits per heavy atom. The molecule has 2 rings (SSSR count). The Kier molecular flexibility index (Phi) is 5.01. The Morgan fingerprint density at radius 3 is 2.58 bits per heavy atom. The molecule has 4 nitrogen and oxygen atoms in total. The first-order valence-electron chi connectivity index (χ1n) is 6.30. The first-order valence-corrected chi connectivity index (χ1v) is 7.18. The highest BCUT2D eigenvalue weighted by molar-refractivity contribution is 7.13. The van der Waals surface area contributed by atoms with Crippen molar-refractivity contribution in [2.45, 2.75) is 20.4 Å². The van der Waals surface area contributed by atoms with Crippen molar-refractivity contribution in [3.8, 4) is 10.7 Å². The molecule has 19 heavy (non-hydrogen) atoms. The summed E-state index contributed by atoms with van der Waals surface area (Å²) in [7, 11) is 1.71. The molecule has 0 atom stereocenters. The SMILES string of the molecule is COCCNCc1c(C)nc(-c2cccs2)nc1C. The fourth-order valence-electron chi connectivity index (χ4n) is 1.90. The van der Waals surface area contributed by atoms with Crippen molar-refractivity contribution in [1.29, 1.82) is 0 Å². The Morgan fingerprint density at radius 1 is 1.26 bits per heavy atom.